The molecule has 0 aliphatic rings. The Morgan fingerprint density at radius 1 is 1.13 bits per heavy atom. The van der Waals surface area contributed by atoms with Crippen LogP contribution in [-0.4, -0.2) is 4.57 Å². The second-order valence-corrected chi connectivity index (χ2v) is 4.53. The minimum atomic E-state index is 0.520. The van der Waals surface area contributed by atoms with Gasteiger partial charge in [0.1, 0.15) is 0 Å². The van der Waals surface area contributed by atoms with Gasteiger partial charge < -0.3 is 10.3 Å². The van der Waals surface area contributed by atoms with E-state index in [9.17, 15) is 0 Å². The molecule has 1 unspecified atom stereocenters. The highest BCUT2D eigenvalue weighted by Crippen LogP contribution is 2.25. The van der Waals surface area contributed by atoms with Crippen molar-refractivity contribution < 1.29 is 0 Å². The molecule has 2 rings (SSSR count). The second kappa shape index (κ2) is 3.61. The number of nitrogen functional groups attached to an aromatic ring is 1. The van der Waals surface area contributed by atoms with Crippen LogP contribution >= 0.6 is 0 Å². The third kappa shape index (κ3) is 1.72. The van der Waals surface area contributed by atoms with E-state index >= 15 is 0 Å². The predicted molar refractivity (Wildman–Crippen MR) is 65.9 cm³/mol. The number of anilines is 1. The largest absolute Gasteiger partial charge is 0.399 e. The van der Waals surface area contributed by atoms with Crippen molar-refractivity contribution >= 4 is 16.6 Å². The lowest BCUT2D eigenvalue weighted by Gasteiger charge is -2.19. The molecule has 2 aromatic rings. The molecule has 80 valence electrons. The average Bonchev–Trinajstić information content (AvgIpc) is 2.59. The van der Waals surface area contributed by atoms with Gasteiger partial charge in [-0.3, -0.25) is 0 Å². The summed E-state index contributed by atoms with van der Waals surface area (Å²) in [7, 11) is 0. The third-order valence-corrected chi connectivity index (χ3v) is 3.15. The fourth-order valence-electron chi connectivity index (χ4n) is 1.86. The summed E-state index contributed by atoms with van der Waals surface area (Å²) in [6, 6.07) is 8.74. The average molecular weight is 202 g/mol. The van der Waals surface area contributed by atoms with Crippen molar-refractivity contribution in [3.8, 4) is 0 Å². The molecule has 0 radical (unpaired) electrons. The minimum Gasteiger partial charge on any atom is -0.399 e. The van der Waals surface area contributed by atoms with Gasteiger partial charge in [-0.1, -0.05) is 13.8 Å². The smallest absolute Gasteiger partial charge is 0.0484 e. The molecule has 0 bridgehead atoms. The van der Waals surface area contributed by atoms with Gasteiger partial charge in [0.25, 0.3) is 0 Å². The maximum atomic E-state index is 5.76. The first-order valence-corrected chi connectivity index (χ1v) is 5.45. The zero-order chi connectivity index (χ0) is 11.0. The zero-order valence-electron chi connectivity index (χ0n) is 9.57. The maximum absolute atomic E-state index is 5.76. The van der Waals surface area contributed by atoms with Crippen LogP contribution < -0.4 is 5.73 Å². The van der Waals surface area contributed by atoms with Gasteiger partial charge in [-0.2, -0.15) is 0 Å². The Morgan fingerprint density at radius 2 is 1.87 bits per heavy atom. The first-order chi connectivity index (χ1) is 7.09. The first-order valence-electron chi connectivity index (χ1n) is 5.45. The van der Waals surface area contributed by atoms with Crippen molar-refractivity contribution in [1.82, 2.24) is 4.57 Å². The van der Waals surface area contributed by atoms with E-state index in [-0.39, 0.29) is 0 Å². The van der Waals surface area contributed by atoms with Gasteiger partial charge in [-0.05, 0) is 37.1 Å². The number of nitrogens with two attached hydrogens (primary N) is 1. The van der Waals surface area contributed by atoms with Crippen LogP contribution in [0.25, 0.3) is 10.9 Å². The molecule has 0 spiro atoms. The highest BCUT2D eigenvalue weighted by Gasteiger charge is 2.11. The van der Waals surface area contributed by atoms with Crippen LogP contribution in [0.4, 0.5) is 5.69 Å². The Labute approximate surface area is 90.7 Å². The highest BCUT2D eigenvalue weighted by atomic mass is 15.0. The Balaban J connectivity index is 2.54. The van der Waals surface area contributed by atoms with Gasteiger partial charge in [0, 0.05) is 28.8 Å². The molecule has 0 aliphatic carbocycles. The number of hydrogen-bond acceptors (Lipinski definition) is 1. The number of rotatable bonds is 2. The van der Waals surface area contributed by atoms with E-state index in [0.717, 1.165) is 5.69 Å². The van der Waals surface area contributed by atoms with Crippen LogP contribution in [-0.2, 0) is 0 Å². The zero-order valence-corrected chi connectivity index (χ0v) is 9.57. The summed E-state index contributed by atoms with van der Waals surface area (Å²) in [6.07, 6.45) is 2.15. The van der Waals surface area contributed by atoms with Crippen molar-refractivity contribution in [2.75, 3.05) is 5.73 Å². The number of nitrogens with zero attached hydrogens (tertiary/aromatic N) is 1. The molecule has 1 atom stereocenters. The van der Waals surface area contributed by atoms with Crippen molar-refractivity contribution in [3.05, 3.63) is 30.5 Å². The predicted octanol–water partition coefficient (Wildman–Crippen LogP) is 3.44. The quantitative estimate of drug-likeness (QED) is 0.743. The molecule has 0 saturated heterocycles. The summed E-state index contributed by atoms with van der Waals surface area (Å²) < 4.78 is 2.32. The van der Waals surface area contributed by atoms with E-state index in [1.54, 1.807) is 0 Å². The molecule has 0 saturated carbocycles. The summed E-state index contributed by atoms with van der Waals surface area (Å²) in [5.41, 5.74) is 7.86. The fourth-order valence-corrected chi connectivity index (χ4v) is 1.86. The lowest BCUT2D eigenvalue weighted by atomic mass is 10.1. The summed E-state index contributed by atoms with van der Waals surface area (Å²) in [4.78, 5) is 0. The Bertz CT molecular complexity index is 468. The van der Waals surface area contributed by atoms with Gasteiger partial charge in [0.15, 0.2) is 0 Å². The lowest BCUT2D eigenvalue weighted by Crippen LogP contribution is -2.09. The van der Waals surface area contributed by atoms with Gasteiger partial charge in [0.05, 0.1) is 0 Å². The summed E-state index contributed by atoms with van der Waals surface area (Å²) in [6.45, 7) is 6.74. The van der Waals surface area contributed by atoms with Gasteiger partial charge in [-0.15, -0.1) is 0 Å². The monoisotopic (exact) mass is 202 g/mol. The van der Waals surface area contributed by atoms with Crippen LogP contribution in [0.1, 0.15) is 26.8 Å². The molecule has 0 fully saturated rings. The molecule has 2 heteroatoms. The minimum absolute atomic E-state index is 0.520. The molecule has 15 heavy (non-hydrogen) atoms. The molecule has 2 N–H and O–H groups in total. The molecule has 1 aromatic heterocycles. The highest BCUT2D eigenvalue weighted by molar-refractivity contribution is 5.83. The molecule has 0 amide bonds. The summed E-state index contributed by atoms with van der Waals surface area (Å²) in [5.74, 6) is 0.637. The molecule has 2 nitrogen and oxygen atoms in total. The van der Waals surface area contributed by atoms with Crippen molar-refractivity contribution in [2.45, 2.75) is 26.8 Å². The van der Waals surface area contributed by atoms with Crippen LogP contribution in [0.3, 0.4) is 0 Å². The van der Waals surface area contributed by atoms with Crippen molar-refractivity contribution in [3.63, 3.8) is 0 Å². The number of benzene rings is 1. The van der Waals surface area contributed by atoms with E-state index in [1.165, 1.54) is 10.9 Å². The normalized spacial score (nSPS) is 13.6. The van der Waals surface area contributed by atoms with E-state index < -0.39 is 0 Å². The van der Waals surface area contributed by atoms with E-state index in [2.05, 4.69) is 43.7 Å². The van der Waals surface area contributed by atoms with Crippen LogP contribution in [0.15, 0.2) is 30.5 Å². The standard InChI is InChI=1S/C13H18N2/c1-9(2)10(3)15-7-6-11-8-12(14)4-5-13(11)15/h4-10H,14H2,1-3H3. The summed E-state index contributed by atoms with van der Waals surface area (Å²) >= 11 is 0. The van der Waals surface area contributed by atoms with Crippen molar-refractivity contribution in [1.29, 1.82) is 0 Å². The van der Waals surface area contributed by atoms with Crippen LogP contribution in [0.2, 0.25) is 0 Å². The van der Waals surface area contributed by atoms with Gasteiger partial charge in [-0.25, -0.2) is 0 Å². The Morgan fingerprint density at radius 3 is 2.53 bits per heavy atom. The number of aromatic nitrogens is 1. The van der Waals surface area contributed by atoms with E-state index in [0.29, 0.717) is 12.0 Å². The van der Waals surface area contributed by atoms with Gasteiger partial charge in [0.2, 0.25) is 0 Å². The molecular formula is C13H18N2. The lowest BCUT2D eigenvalue weighted by molar-refractivity contribution is 0.418. The Hall–Kier alpha value is -1.44. The fraction of sp³-hybridized carbons (Fsp3) is 0.385. The SMILES string of the molecule is CC(C)C(C)n1ccc2cc(N)ccc21. The van der Waals surface area contributed by atoms with Crippen LogP contribution in [0.5, 0.6) is 0 Å². The molecule has 0 aliphatic heterocycles. The number of fused-ring (bicyclic) bond motifs is 1. The maximum Gasteiger partial charge on any atom is 0.0484 e. The van der Waals surface area contributed by atoms with Crippen LogP contribution in [0, 0.1) is 5.92 Å². The molecule has 1 heterocycles. The third-order valence-electron chi connectivity index (χ3n) is 3.15. The molecular weight excluding hydrogens is 184 g/mol. The van der Waals surface area contributed by atoms with Crippen molar-refractivity contribution in [2.24, 2.45) is 5.92 Å². The first kappa shape index (κ1) is 10.1. The topological polar surface area (TPSA) is 30.9 Å². The second-order valence-electron chi connectivity index (χ2n) is 4.53. The molecule has 1 aromatic carbocycles. The Kier molecular flexibility index (Phi) is 2.43. The van der Waals surface area contributed by atoms with E-state index in [4.69, 9.17) is 5.73 Å². The summed E-state index contributed by atoms with van der Waals surface area (Å²) in [5, 5.41) is 1.22. The number of hydrogen-bond donors (Lipinski definition) is 1. The van der Waals surface area contributed by atoms with Gasteiger partial charge >= 0.3 is 0 Å². The van der Waals surface area contributed by atoms with E-state index in [1.807, 2.05) is 12.1 Å².